The monoisotopic (exact) mass is 392 g/mol. The number of nitrogens with zero attached hydrogens (tertiary/aromatic N) is 4. The van der Waals surface area contributed by atoms with E-state index < -0.39 is 5.92 Å². The van der Waals surface area contributed by atoms with Gasteiger partial charge in [-0.2, -0.15) is 5.10 Å². The molecule has 1 aromatic heterocycles. The highest BCUT2D eigenvalue weighted by molar-refractivity contribution is 6.42. The van der Waals surface area contributed by atoms with E-state index in [-0.39, 0.29) is 11.9 Å². The number of hydrogen-bond acceptors (Lipinski definition) is 4. The summed E-state index contributed by atoms with van der Waals surface area (Å²) in [5.74, 6) is 0.225. The molecule has 1 fully saturated rings. The zero-order valence-electron chi connectivity index (χ0n) is 14.2. The topological polar surface area (TPSA) is 59.7 Å². The van der Waals surface area contributed by atoms with Crippen LogP contribution in [0.2, 0.25) is 10.0 Å². The van der Waals surface area contributed by atoms with Crippen LogP contribution in [0.1, 0.15) is 18.5 Å². The van der Waals surface area contributed by atoms with Gasteiger partial charge < -0.3 is 9.64 Å². The largest absolute Gasteiger partial charge is 0.378 e. The minimum Gasteiger partial charge on any atom is -0.378 e. The van der Waals surface area contributed by atoms with Crippen molar-refractivity contribution in [3.05, 3.63) is 46.1 Å². The van der Waals surface area contributed by atoms with Crippen molar-refractivity contribution < 1.29 is 9.53 Å². The van der Waals surface area contributed by atoms with Crippen molar-refractivity contribution in [2.45, 2.75) is 13.0 Å². The quantitative estimate of drug-likeness (QED) is 0.786. The van der Waals surface area contributed by atoms with E-state index in [4.69, 9.17) is 27.9 Å². The number of benzene rings is 1. The number of halogens is 2. The van der Waals surface area contributed by atoms with E-state index in [2.05, 4.69) is 10.1 Å². The Hall–Kier alpha value is -1.89. The molecule has 6 nitrogen and oxygen atoms in total. The van der Waals surface area contributed by atoms with Crippen LogP contribution in [0.25, 0.3) is 0 Å². The molecular formula is C18H18Cl2N4O2. The van der Waals surface area contributed by atoms with Crippen LogP contribution < -0.4 is 0 Å². The minimum atomic E-state index is -0.489. The molecule has 0 N–H and O–H groups in total. The van der Waals surface area contributed by atoms with E-state index in [0.717, 1.165) is 11.3 Å². The highest BCUT2D eigenvalue weighted by Crippen LogP contribution is 2.41. The molecule has 1 saturated heterocycles. The lowest BCUT2D eigenvalue weighted by Crippen LogP contribution is -2.48. The maximum atomic E-state index is 13.3. The van der Waals surface area contributed by atoms with Crippen LogP contribution in [0.3, 0.4) is 0 Å². The van der Waals surface area contributed by atoms with Crippen molar-refractivity contribution in [2.75, 3.05) is 26.3 Å². The van der Waals surface area contributed by atoms with Crippen molar-refractivity contribution in [3.63, 3.8) is 0 Å². The Labute approximate surface area is 161 Å². The van der Waals surface area contributed by atoms with Gasteiger partial charge in [-0.05, 0) is 18.6 Å². The lowest BCUT2D eigenvalue weighted by molar-refractivity contribution is -0.138. The zero-order chi connectivity index (χ0) is 18.3. The van der Waals surface area contributed by atoms with Gasteiger partial charge in [-0.25, -0.2) is 9.67 Å². The van der Waals surface area contributed by atoms with Crippen LogP contribution in [-0.4, -0.2) is 52.6 Å². The lowest BCUT2D eigenvalue weighted by atomic mass is 9.87. The van der Waals surface area contributed by atoms with Gasteiger partial charge in [-0.1, -0.05) is 35.3 Å². The van der Waals surface area contributed by atoms with Crippen molar-refractivity contribution in [3.8, 4) is 0 Å². The number of aliphatic imine (C=N–C) groups is 1. The molecule has 1 aromatic carbocycles. The second-order valence-electron chi connectivity index (χ2n) is 6.39. The Morgan fingerprint density at radius 3 is 2.77 bits per heavy atom. The van der Waals surface area contributed by atoms with E-state index in [9.17, 15) is 4.79 Å². The summed E-state index contributed by atoms with van der Waals surface area (Å²) in [6.45, 7) is 4.12. The fraction of sp³-hybridized carbons (Fsp3) is 0.389. The number of aromatic nitrogens is 2. The molecule has 26 heavy (non-hydrogen) atoms. The van der Waals surface area contributed by atoms with Crippen molar-refractivity contribution in [1.29, 1.82) is 0 Å². The standard InChI is InChI=1S/C18H18Cl2N4O2/c1-11-15(18(25)23-7-9-26-10-8-23)17(24-14(22-11)5-6-21-24)12-3-2-4-13(19)16(12)20/h2-6,15,17H,7-10H2,1H3. The number of fused-ring (bicyclic) bond motifs is 1. The molecule has 2 atom stereocenters. The normalized spacial score (nSPS) is 22.7. The molecule has 2 unspecified atom stereocenters. The van der Waals surface area contributed by atoms with Gasteiger partial charge in [0.25, 0.3) is 0 Å². The molecule has 0 spiro atoms. The highest BCUT2D eigenvalue weighted by Gasteiger charge is 2.41. The van der Waals surface area contributed by atoms with E-state index in [0.29, 0.717) is 42.2 Å². The first-order chi connectivity index (χ1) is 12.6. The van der Waals surface area contributed by atoms with Crippen molar-refractivity contribution in [1.82, 2.24) is 14.7 Å². The first-order valence-corrected chi connectivity index (χ1v) is 9.22. The molecule has 136 valence electrons. The SMILES string of the molecule is CC1=Nc2ccnn2C(c2cccc(Cl)c2Cl)C1C(=O)N1CCOCC1. The summed E-state index contributed by atoms with van der Waals surface area (Å²) in [5.41, 5.74) is 1.51. The molecule has 3 heterocycles. The molecule has 4 rings (SSSR count). The van der Waals surface area contributed by atoms with Crippen LogP contribution in [0.15, 0.2) is 35.5 Å². The smallest absolute Gasteiger partial charge is 0.234 e. The van der Waals surface area contributed by atoms with E-state index in [1.807, 2.05) is 30.0 Å². The number of hydrogen-bond donors (Lipinski definition) is 0. The molecule has 8 heteroatoms. The molecule has 0 aliphatic carbocycles. The fourth-order valence-electron chi connectivity index (χ4n) is 3.58. The molecule has 2 aliphatic heterocycles. The van der Waals surface area contributed by atoms with Gasteiger partial charge in [0.1, 0.15) is 5.92 Å². The molecule has 1 amide bonds. The third-order valence-corrected chi connectivity index (χ3v) is 5.69. The summed E-state index contributed by atoms with van der Waals surface area (Å²) in [7, 11) is 0. The van der Waals surface area contributed by atoms with Gasteiger partial charge in [-0.15, -0.1) is 0 Å². The minimum absolute atomic E-state index is 0.0109. The van der Waals surface area contributed by atoms with Crippen LogP contribution in [-0.2, 0) is 9.53 Å². The number of carbonyl (C=O) groups excluding carboxylic acids is 1. The Kier molecular flexibility index (Phi) is 4.73. The number of ether oxygens (including phenoxy) is 1. The molecule has 2 aromatic rings. The Bertz CT molecular complexity index is 874. The van der Waals surface area contributed by atoms with E-state index in [1.165, 1.54) is 0 Å². The molecule has 0 bridgehead atoms. The summed E-state index contributed by atoms with van der Waals surface area (Å²) in [4.78, 5) is 19.8. The second-order valence-corrected chi connectivity index (χ2v) is 7.18. The van der Waals surface area contributed by atoms with E-state index >= 15 is 0 Å². The van der Waals surface area contributed by atoms with Crippen molar-refractivity contribution in [2.24, 2.45) is 10.9 Å². The predicted octanol–water partition coefficient (Wildman–Crippen LogP) is 3.36. The molecular weight excluding hydrogens is 375 g/mol. The maximum Gasteiger partial charge on any atom is 0.234 e. The van der Waals surface area contributed by atoms with Crippen molar-refractivity contribution >= 4 is 40.6 Å². The Balaban J connectivity index is 1.82. The molecule has 0 radical (unpaired) electrons. The summed E-state index contributed by atoms with van der Waals surface area (Å²) in [5, 5.41) is 5.30. The number of morpholine rings is 1. The maximum absolute atomic E-state index is 13.3. The van der Waals surface area contributed by atoms with Crippen LogP contribution in [0.5, 0.6) is 0 Å². The van der Waals surface area contributed by atoms with Crippen LogP contribution in [0, 0.1) is 5.92 Å². The summed E-state index contributed by atoms with van der Waals surface area (Å²) < 4.78 is 7.13. The second kappa shape index (κ2) is 7.02. The molecule has 2 aliphatic rings. The van der Waals surface area contributed by atoms with Gasteiger partial charge in [0.2, 0.25) is 5.91 Å². The lowest BCUT2D eigenvalue weighted by Gasteiger charge is -2.36. The first-order valence-electron chi connectivity index (χ1n) is 8.47. The average molecular weight is 393 g/mol. The van der Waals surface area contributed by atoms with Crippen LogP contribution in [0.4, 0.5) is 5.82 Å². The zero-order valence-corrected chi connectivity index (χ0v) is 15.7. The van der Waals surface area contributed by atoms with Gasteiger partial charge >= 0.3 is 0 Å². The third-order valence-electron chi connectivity index (χ3n) is 4.86. The summed E-state index contributed by atoms with van der Waals surface area (Å²) in [6, 6.07) is 6.90. The first kappa shape index (κ1) is 17.5. The highest BCUT2D eigenvalue weighted by atomic mass is 35.5. The molecule has 0 saturated carbocycles. The Morgan fingerprint density at radius 1 is 1.23 bits per heavy atom. The number of rotatable bonds is 2. The number of amides is 1. The van der Waals surface area contributed by atoms with Gasteiger partial charge in [0.15, 0.2) is 5.82 Å². The summed E-state index contributed by atoms with van der Waals surface area (Å²) in [6.07, 6.45) is 1.68. The van der Waals surface area contributed by atoms with E-state index in [1.54, 1.807) is 16.9 Å². The predicted molar refractivity (Wildman–Crippen MR) is 100 cm³/mol. The van der Waals surface area contributed by atoms with Gasteiger partial charge in [-0.3, -0.25) is 4.79 Å². The third kappa shape index (κ3) is 2.92. The van der Waals surface area contributed by atoms with Gasteiger partial charge in [0, 0.05) is 24.9 Å². The summed E-state index contributed by atoms with van der Waals surface area (Å²) >= 11 is 12.7. The average Bonchev–Trinajstić information content (AvgIpc) is 3.11. The van der Waals surface area contributed by atoms with Crippen LogP contribution >= 0.6 is 23.2 Å². The Morgan fingerprint density at radius 2 is 2.00 bits per heavy atom. The number of carbonyl (C=O) groups is 1. The fourth-order valence-corrected chi connectivity index (χ4v) is 4.00. The van der Waals surface area contributed by atoms with Gasteiger partial charge in [0.05, 0.1) is 35.5 Å².